The van der Waals surface area contributed by atoms with Crippen LogP contribution in [0.1, 0.15) is 33.1 Å². The summed E-state index contributed by atoms with van der Waals surface area (Å²) < 4.78 is 5.27. The number of carbonyl (C=O) groups is 1. The van der Waals surface area contributed by atoms with Crippen LogP contribution in [0, 0.1) is 27.7 Å². The summed E-state index contributed by atoms with van der Waals surface area (Å²) in [6.07, 6.45) is 1.51. The van der Waals surface area contributed by atoms with Crippen LogP contribution in [0.3, 0.4) is 0 Å². The van der Waals surface area contributed by atoms with Crippen molar-refractivity contribution >= 4 is 40.8 Å². The van der Waals surface area contributed by atoms with E-state index in [0.29, 0.717) is 49.0 Å². The number of rotatable bonds is 3. The third-order valence-corrected chi connectivity index (χ3v) is 5.84. The molecule has 0 unspecified atom stereocenters. The second kappa shape index (κ2) is 10.6. The lowest BCUT2D eigenvalue weighted by molar-refractivity contribution is 0.0660. The number of furan rings is 1. The molecule has 3 aromatic rings. The molecular formula is C25H29N7O2S. The van der Waals surface area contributed by atoms with Gasteiger partial charge >= 0.3 is 0 Å². The van der Waals surface area contributed by atoms with E-state index in [0.717, 1.165) is 28.2 Å². The maximum Gasteiger partial charge on any atom is 0.289 e. The lowest BCUT2D eigenvalue weighted by Crippen LogP contribution is -2.52. The summed E-state index contributed by atoms with van der Waals surface area (Å²) in [6.45, 7) is 10.1. The summed E-state index contributed by atoms with van der Waals surface area (Å²) in [4.78, 5) is 30.2. The number of aryl methyl sites for hydroxylation is 4. The van der Waals surface area contributed by atoms with Gasteiger partial charge in [-0.1, -0.05) is 12.1 Å². The predicted molar refractivity (Wildman–Crippen MR) is 141 cm³/mol. The fraction of sp³-hybridized carbons (Fsp3) is 0.320. The van der Waals surface area contributed by atoms with Crippen LogP contribution in [0.15, 0.2) is 52.1 Å². The lowest BCUT2D eigenvalue weighted by Gasteiger charge is -2.36. The number of anilines is 2. The highest BCUT2D eigenvalue weighted by Gasteiger charge is 2.26. The van der Waals surface area contributed by atoms with Crippen molar-refractivity contribution in [2.24, 2.45) is 4.99 Å². The van der Waals surface area contributed by atoms with Crippen molar-refractivity contribution in [3.63, 3.8) is 0 Å². The molecule has 1 saturated heterocycles. The summed E-state index contributed by atoms with van der Waals surface area (Å²) >= 11 is 5.59. The highest BCUT2D eigenvalue weighted by molar-refractivity contribution is 7.80. The highest BCUT2D eigenvalue weighted by atomic mass is 32.1. The average Bonchev–Trinajstić information content (AvgIpc) is 3.35. The third-order valence-electron chi connectivity index (χ3n) is 5.65. The summed E-state index contributed by atoms with van der Waals surface area (Å²) in [5.41, 5.74) is 4.82. The number of piperazine rings is 1. The van der Waals surface area contributed by atoms with Gasteiger partial charge in [-0.15, -0.1) is 0 Å². The van der Waals surface area contributed by atoms with Gasteiger partial charge < -0.3 is 19.5 Å². The van der Waals surface area contributed by atoms with E-state index in [-0.39, 0.29) is 5.91 Å². The Hall–Kier alpha value is -3.79. The van der Waals surface area contributed by atoms with E-state index in [1.807, 2.05) is 50.8 Å². The van der Waals surface area contributed by atoms with Gasteiger partial charge in [0.2, 0.25) is 17.0 Å². The van der Waals surface area contributed by atoms with Crippen LogP contribution in [0.25, 0.3) is 0 Å². The van der Waals surface area contributed by atoms with Crippen molar-refractivity contribution < 1.29 is 9.21 Å². The van der Waals surface area contributed by atoms with Gasteiger partial charge in [0.15, 0.2) is 5.76 Å². The van der Waals surface area contributed by atoms with Gasteiger partial charge in [0.05, 0.1) is 6.26 Å². The van der Waals surface area contributed by atoms with Crippen molar-refractivity contribution in [3.05, 3.63) is 70.9 Å². The number of hydrogen-bond donors (Lipinski definition) is 2. The molecule has 10 heteroatoms. The molecule has 182 valence electrons. The molecule has 0 saturated carbocycles. The zero-order valence-corrected chi connectivity index (χ0v) is 21.1. The zero-order chi connectivity index (χ0) is 24.9. The van der Waals surface area contributed by atoms with Crippen LogP contribution in [-0.2, 0) is 0 Å². The summed E-state index contributed by atoms with van der Waals surface area (Å²) in [7, 11) is 0. The highest BCUT2D eigenvalue weighted by Crippen LogP contribution is 2.17. The number of carbonyl (C=O) groups excluding carboxylic acids is 1. The SMILES string of the molecule is Cc1ccc(C)c(NC(=S)/N=C(/Nc2nc(C)cc(C)n2)N2CCN(C(=O)c3ccco3)CC2)c1. The maximum atomic E-state index is 12.7. The summed E-state index contributed by atoms with van der Waals surface area (Å²) in [5.74, 6) is 1.20. The molecule has 9 nitrogen and oxygen atoms in total. The molecule has 3 heterocycles. The third kappa shape index (κ3) is 6.21. The van der Waals surface area contributed by atoms with Crippen LogP contribution in [0.5, 0.6) is 0 Å². The van der Waals surface area contributed by atoms with Gasteiger partial charge in [-0.2, -0.15) is 4.99 Å². The Morgan fingerprint density at radius 1 is 0.971 bits per heavy atom. The van der Waals surface area contributed by atoms with E-state index in [2.05, 4.69) is 26.7 Å². The number of benzene rings is 1. The van der Waals surface area contributed by atoms with Gasteiger partial charge in [-0.05, 0) is 75.3 Å². The number of aliphatic imine (C=N–C) groups is 1. The molecule has 35 heavy (non-hydrogen) atoms. The first-order chi connectivity index (χ1) is 16.8. The van der Waals surface area contributed by atoms with Gasteiger partial charge in [0, 0.05) is 43.3 Å². The Kier molecular flexibility index (Phi) is 7.40. The van der Waals surface area contributed by atoms with Crippen LogP contribution in [-0.4, -0.2) is 62.9 Å². The molecule has 0 bridgehead atoms. The first-order valence-corrected chi connectivity index (χ1v) is 11.8. The molecule has 0 spiro atoms. The van der Waals surface area contributed by atoms with Gasteiger partial charge in [0.25, 0.3) is 5.91 Å². The molecule has 1 fully saturated rings. The van der Waals surface area contributed by atoms with E-state index in [1.165, 1.54) is 6.26 Å². The number of aromatic nitrogens is 2. The molecule has 0 atom stereocenters. The molecule has 4 rings (SSSR count). The predicted octanol–water partition coefficient (Wildman–Crippen LogP) is 3.93. The number of thiocarbonyl (C=S) groups is 1. The molecular weight excluding hydrogens is 462 g/mol. The molecule has 1 aliphatic heterocycles. The molecule has 1 amide bonds. The van der Waals surface area contributed by atoms with Crippen LogP contribution in [0.2, 0.25) is 0 Å². The summed E-state index contributed by atoms with van der Waals surface area (Å²) in [6, 6.07) is 11.4. The van der Waals surface area contributed by atoms with E-state index in [1.54, 1.807) is 17.0 Å². The number of hydrogen-bond acceptors (Lipinski definition) is 5. The zero-order valence-electron chi connectivity index (χ0n) is 20.3. The fourth-order valence-electron chi connectivity index (χ4n) is 3.85. The minimum Gasteiger partial charge on any atom is -0.459 e. The van der Waals surface area contributed by atoms with E-state index < -0.39 is 0 Å². The van der Waals surface area contributed by atoms with E-state index in [4.69, 9.17) is 21.6 Å². The van der Waals surface area contributed by atoms with Gasteiger partial charge in [-0.3, -0.25) is 10.1 Å². The number of guanidine groups is 1. The van der Waals surface area contributed by atoms with Crippen LogP contribution < -0.4 is 10.6 Å². The quantitative estimate of drug-likeness (QED) is 0.323. The minimum absolute atomic E-state index is 0.120. The maximum absolute atomic E-state index is 12.7. The minimum atomic E-state index is -0.120. The monoisotopic (exact) mass is 491 g/mol. The molecule has 1 aromatic carbocycles. The standard InChI is InChI=1S/C25H29N7O2S/c1-16-7-8-17(2)20(14-16)28-25(35)30-24(29-23-26-18(3)15-19(4)27-23)32-11-9-31(10-12-32)22(33)21-6-5-13-34-21/h5-8,13-15H,9-12H2,1-4H3,(H2,26,27,28,29,30,35). The Morgan fingerprint density at radius 2 is 1.66 bits per heavy atom. The second-order valence-corrected chi connectivity index (χ2v) is 8.93. The molecule has 0 radical (unpaired) electrons. The largest absolute Gasteiger partial charge is 0.459 e. The van der Waals surface area contributed by atoms with Gasteiger partial charge in [0.1, 0.15) is 0 Å². The first kappa shape index (κ1) is 24.3. The smallest absolute Gasteiger partial charge is 0.289 e. The van der Waals surface area contributed by atoms with Crippen molar-refractivity contribution in [1.29, 1.82) is 0 Å². The van der Waals surface area contributed by atoms with E-state index in [9.17, 15) is 4.79 Å². The molecule has 2 N–H and O–H groups in total. The molecule has 2 aromatic heterocycles. The topological polar surface area (TPSA) is 98.9 Å². The Labute approximate surface area is 210 Å². The number of amides is 1. The van der Waals surface area contributed by atoms with E-state index >= 15 is 0 Å². The van der Waals surface area contributed by atoms with Crippen LogP contribution in [0.4, 0.5) is 11.6 Å². The Bertz CT molecular complexity index is 1230. The second-order valence-electron chi connectivity index (χ2n) is 8.54. The average molecular weight is 492 g/mol. The first-order valence-electron chi connectivity index (χ1n) is 11.4. The van der Waals surface area contributed by atoms with Crippen LogP contribution >= 0.6 is 12.2 Å². The number of nitrogens with zero attached hydrogens (tertiary/aromatic N) is 5. The Morgan fingerprint density at radius 3 is 2.31 bits per heavy atom. The van der Waals surface area contributed by atoms with Gasteiger partial charge in [-0.25, -0.2) is 9.97 Å². The molecule has 0 aliphatic carbocycles. The van der Waals surface area contributed by atoms with Crippen molar-refractivity contribution in [1.82, 2.24) is 19.8 Å². The van der Waals surface area contributed by atoms with Crippen molar-refractivity contribution in [3.8, 4) is 0 Å². The van der Waals surface area contributed by atoms with Crippen molar-refractivity contribution in [2.75, 3.05) is 36.8 Å². The normalized spacial score (nSPS) is 14.1. The molecule has 1 aliphatic rings. The fourth-order valence-corrected chi connectivity index (χ4v) is 4.04. The van der Waals surface area contributed by atoms with Crippen molar-refractivity contribution in [2.45, 2.75) is 27.7 Å². The number of nitrogens with one attached hydrogen (secondary N) is 2. The summed E-state index contributed by atoms with van der Waals surface area (Å²) in [5, 5.41) is 6.80. The Balaban J connectivity index is 1.53. The lowest BCUT2D eigenvalue weighted by atomic mass is 10.1.